The molecular formula is C11H18N4S. The summed E-state index contributed by atoms with van der Waals surface area (Å²) in [6.45, 7) is 0.849. The van der Waals surface area contributed by atoms with Crippen LogP contribution in [0.5, 0.6) is 0 Å². The fourth-order valence-electron chi connectivity index (χ4n) is 2.47. The van der Waals surface area contributed by atoms with Crippen LogP contribution in [0.15, 0.2) is 0 Å². The molecule has 0 spiro atoms. The topological polar surface area (TPSA) is 56.7 Å². The summed E-state index contributed by atoms with van der Waals surface area (Å²) in [4.78, 5) is 4.69. The summed E-state index contributed by atoms with van der Waals surface area (Å²) in [5.74, 6) is 5.28. The Morgan fingerprint density at radius 2 is 2.31 bits per heavy atom. The monoisotopic (exact) mass is 238 g/mol. The lowest BCUT2D eigenvalue weighted by atomic mass is 10.1. The number of rotatable bonds is 1. The maximum absolute atomic E-state index is 5.94. The van der Waals surface area contributed by atoms with Crippen LogP contribution in [0, 0.1) is 0 Å². The first-order chi connectivity index (χ1) is 7.83. The Bertz CT molecular complexity index is 370. The molecule has 16 heavy (non-hydrogen) atoms. The Kier molecular flexibility index (Phi) is 2.90. The predicted octanol–water partition coefficient (Wildman–Crippen LogP) is 1.16. The molecule has 3 rings (SSSR count). The SMILES string of the molecule is NC1CCc2nc(C3CCCSC3)nn2C1. The van der Waals surface area contributed by atoms with Crippen molar-refractivity contribution in [2.75, 3.05) is 11.5 Å². The number of fused-ring (bicyclic) bond motifs is 1. The minimum atomic E-state index is 0.266. The number of nitrogens with zero attached hydrogens (tertiary/aromatic N) is 3. The summed E-state index contributed by atoms with van der Waals surface area (Å²) in [7, 11) is 0. The minimum Gasteiger partial charge on any atom is -0.326 e. The minimum absolute atomic E-state index is 0.266. The third-order valence-electron chi connectivity index (χ3n) is 3.44. The molecule has 2 N–H and O–H groups in total. The highest BCUT2D eigenvalue weighted by atomic mass is 32.2. The van der Waals surface area contributed by atoms with E-state index in [1.54, 1.807) is 0 Å². The molecule has 1 fully saturated rings. The van der Waals surface area contributed by atoms with E-state index in [0.717, 1.165) is 31.0 Å². The van der Waals surface area contributed by atoms with Crippen molar-refractivity contribution in [1.29, 1.82) is 0 Å². The first-order valence-corrected chi connectivity index (χ1v) is 7.25. The lowest BCUT2D eigenvalue weighted by Gasteiger charge is -2.18. The van der Waals surface area contributed by atoms with Crippen LogP contribution in [-0.2, 0) is 13.0 Å². The van der Waals surface area contributed by atoms with Crippen LogP contribution in [0.2, 0.25) is 0 Å². The van der Waals surface area contributed by atoms with Crippen LogP contribution in [0.1, 0.15) is 36.8 Å². The summed E-state index contributed by atoms with van der Waals surface area (Å²) in [5.41, 5.74) is 5.94. The highest BCUT2D eigenvalue weighted by Gasteiger charge is 2.24. The summed E-state index contributed by atoms with van der Waals surface area (Å²) in [5, 5.41) is 4.64. The highest BCUT2D eigenvalue weighted by Crippen LogP contribution is 2.29. The molecule has 1 aromatic heterocycles. The molecule has 5 heteroatoms. The van der Waals surface area contributed by atoms with Gasteiger partial charge in [-0.1, -0.05) is 0 Å². The van der Waals surface area contributed by atoms with Gasteiger partial charge in [0.1, 0.15) is 5.82 Å². The van der Waals surface area contributed by atoms with E-state index in [1.165, 1.54) is 24.3 Å². The molecule has 4 nitrogen and oxygen atoms in total. The quantitative estimate of drug-likeness (QED) is 0.797. The van der Waals surface area contributed by atoms with Gasteiger partial charge in [-0.05, 0) is 25.0 Å². The summed E-state index contributed by atoms with van der Waals surface area (Å²) in [6.07, 6.45) is 4.60. The van der Waals surface area contributed by atoms with Crippen LogP contribution in [0.3, 0.4) is 0 Å². The van der Waals surface area contributed by atoms with Crippen molar-refractivity contribution in [2.45, 2.75) is 44.2 Å². The largest absolute Gasteiger partial charge is 0.326 e. The number of thioether (sulfide) groups is 1. The Balaban J connectivity index is 1.80. The van der Waals surface area contributed by atoms with E-state index in [9.17, 15) is 0 Å². The molecule has 0 aromatic carbocycles. The van der Waals surface area contributed by atoms with Gasteiger partial charge in [0.05, 0.1) is 6.54 Å². The Morgan fingerprint density at radius 3 is 3.12 bits per heavy atom. The molecule has 1 aromatic rings. The standard InChI is InChI=1S/C11H18N4S/c12-9-3-4-10-13-11(14-15(10)6-9)8-2-1-5-16-7-8/h8-9H,1-7,12H2. The van der Waals surface area contributed by atoms with Crippen molar-refractivity contribution in [2.24, 2.45) is 5.73 Å². The molecule has 2 aliphatic rings. The zero-order valence-electron chi connectivity index (χ0n) is 9.43. The van der Waals surface area contributed by atoms with Crippen LogP contribution < -0.4 is 5.73 Å². The highest BCUT2D eigenvalue weighted by molar-refractivity contribution is 7.99. The molecule has 2 atom stereocenters. The summed E-state index contributed by atoms with van der Waals surface area (Å²) in [6, 6.07) is 0.266. The van der Waals surface area contributed by atoms with Crippen LogP contribution >= 0.6 is 11.8 Å². The molecule has 2 aliphatic heterocycles. The van der Waals surface area contributed by atoms with E-state index in [-0.39, 0.29) is 6.04 Å². The number of hydrogen-bond donors (Lipinski definition) is 1. The second kappa shape index (κ2) is 4.37. The first kappa shape index (κ1) is 10.6. The molecule has 88 valence electrons. The van der Waals surface area contributed by atoms with Gasteiger partial charge in [-0.2, -0.15) is 16.9 Å². The van der Waals surface area contributed by atoms with Gasteiger partial charge in [0.2, 0.25) is 0 Å². The lowest BCUT2D eigenvalue weighted by molar-refractivity contribution is 0.419. The molecule has 2 unspecified atom stereocenters. The van der Waals surface area contributed by atoms with Gasteiger partial charge in [0.25, 0.3) is 0 Å². The maximum atomic E-state index is 5.94. The van der Waals surface area contributed by atoms with Crippen molar-refractivity contribution in [3.05, 3.63) is 11.6 Å². The smallest absolute Gasteiger partial charge is 0.154 e. The third kappa shape index (κ3) is 1.98. The average Bonchev–Trinajstić information content (AvgIpc) is 2.73. The third-order valence-corrected chi connectivity index (χ3v) is 4.65. The van der Waals surface area contributed by atoms with Gasteiger partial charge >= 0.3 is 0 Å². The predicted molar refractivity (Wildman–Crippen MR) is 65.6 cm³/mol. The molecule has 0 saturated carbocycles. The van der Waals surface area contributed by atoms with Crippen LogP contribution in [0.25, 0.3) is 0 Å². The first-order valence-electron chi connectivity index (χ1n) is 6.10. The van der Waals surface area contributed by atoms with E-state index in [0.29, 0.717) is 5.92 Å². The average molecular weight is 238 g/mol. The fourth-order valence-corrected chi connectivity index (χ4v) is 3.61. The van der Waals surface area contributed by atoms with E-state index < -0.39 is 0 Å². The number of aromatic nitrogens is 3. The molecule has 0 aliphatic carbocycles. The fraction of sp³-hybridized carbons (Fsp3) is 0.818. The van der Waals surface area contributed by atoms with E-state index in [1.807, 2.05) is 16.4 Å². The molecular weight excluding hydrogens is 220 g/mol. The van der Waals surface area contributed by atoms with Gasteiger partial charge < -0.3 is 5.73 Å². The van der Waals surface area contributed by atoms with Crippen molar-refractivity contribution in [3.63, 3.8) is 0 Å². The van der Waals surface area contributed by atoms with E-state index in [4.69, 9.17) is 10.7 Å². The second-order valence-corrected chi connectivity index (χ2v) is 5.93. The zero-order chi connectivity index (χ0) is 11.0. The van der Waals surface area contributed by atoms with Crippen LogP contribution in [0.4, 0.5) is 0 Å². The Hall–Kier alpha value is -0.550. The van der Waals surface area contributed by atoms with Gasteiger partial charge in [0.15, 0.2) is 5.82 Å². The molecule has 1 saturated heterocycles. The van der Waals surface area contributed by atoms with E-state index >= 15 is 0 Å². The number of aryl methyl sites for hydroxylation is 1. The zero-order valence-corrected chi connectivity index (χ0v) is 10.2. The van der Waals surface area contributed by atoms with Crippen molar-refractivity contribution in [1.82, 2.24) is 14.8 Å². The van der Waals surface area contributed by atoms with Gasteiger partial charge in [-0.3, -0.25) is 0 Å². The normalized spacial score (nSPS) is 30.1. The summed E-state index contributed by atoms with van der Waals surface area (Å²) >= 11 is 2.03. The molecule has 3 heterocycles. The van der Waals surface area contributed by atoms with Crippen molar-refractivity contribution >= 4 is 11.8 Å². The van der Waals surface area contributed by atoms with Gasteiger partial charge in [0, 0.05) is 24.1 Å². The van der Waals surface area contributed by atoms with Crippen LogP contribution in [-0.4, -0.2) is 32.3 Å². The van der Waals surface area contributed by atoms with E-state index in [2.05, 4.69) is 5.10 Å². The second-order valence-electron chi connectivity index (χ2n) is 4.78. The van der Waals surface area contributed by atoms with Gasteiger partial charge in [-0.25, -0.2) is 9.67 Å². The Morgan fingerprint density at radius 1 is 1.38 bits per heavy atom. The lowest BCUT2D eigenvalue weighted by Crippen LogP contribution is -2.32. The Labute approximate surface area is 100.0 Å². The molecule has 0 radical (unpaired) electrons. The number of nitrogens with two attached hydrogens (primary N) is 1. The van der Waals surface area contributed by atoms with Gasteiger partial charge in [-0.15, -0.1) is 0 Å². The summed E-state index contributed by atoms with van der Waals surface area (Å²) < 4.78 is 2.03. The number of hydrogen-bond acceptors (Lipinski definition) is 4. The van der Waals surface area contributed by atoms with Crippen molar-refractivity contribution < 1.29 is 0 Å². The molecule has 0 amide bonds. The van der Waals surface area contributed by atoms with Crippen molar-refractivity contribution in [3.8, 4) is 0 Å². The maximum Gasteiger partial charge on any atom is 0.154 e. The molecule has 0 bridgehead atoms.